The number of carbonyl (C=O) groups excluding carboxylic acids is 1. The summed E-state index contributed by atoms with van der Waals surface area (Å²) in [6.45, 7) is 6.28. The molecule has 102 valence electrons. The molecule has 0 aromatic rings. The Kier molecular flexibility index (Phi) is 8.17. The molecule has 0 aromatic carbocycles. The lowest BCUT2D eigenvalue weighted by Gasteiger charge is -2.36. The number of methoxy groups -OCH3 is 2. The second kappa shape index (κ2) is 8.48. The molecule has 0 radical (unpaired) electrons. The third kappa shape index (κ3) is 4.64. The van der Waals surface area contributed by atoms with Crippen LogP contribution in [0.1, 0.15) is 46.5 Å². The van der Waals surface area contributed by atoms with Gasteiger partial charge in [0.05, 0.1) is 12.5 Å². The SMILES string of the molecule is CC.CCOC(=O)C1CCC(OC)(OC)CC1. The van der Waals surface area contributed by atoms with E-state index < -0.39 is 5.79 Å². The zero-order chi connectivity index (χ0) is 13.3. The van der Waals surface area contributed by atoms with Gasteiger partial charge in [0.25, 0.3) is 0 Å². The van der Waals surface area contributed by atoms with E-state index in [9.17, 15) is 4.79 Å². The Morgan fingerprint density at radius 2 is 1.65 bits per heavy atom. The van der Waals surface area contributed by atoms with Gasteiger partial charge >= 0.3 is 5.97 Å². The quantitative estimate of drug-likeness (QED) is 0.565. The molecule has 17 heavy (non-hydrogen) atoms. The van der Waals surface area contributed by atoms with Gasteiger partial charge in [-0.1, -0.05) is 13.8 Å². The van der Waals surface area contributed by atoms with E-state index in [4.69, 9.17) is 14.2 Å². The minimum absolute atomic E-state index is 0.0170. The lowest BCUT2D eigenvalue weighted by Crippen LogP contribution is -2.39. The minimum atomic E-state index is -0.483. The molecule has 0 aliphatic heterocycles. The predicted octanol–water partition coefficient (Wildman–Crippen LogP) is 2.76. The van der Waals surface area contributed by atoms with Crippen molar-refractivity contribution in [2.45, 2.75) is 52.2 Å². The van der Waals surface area contributed by atoms with Crippen molar-refractivity contribution in [1.29, 1.82) is 0 Å². The van der Waals surface area contributed by atoms with E-state index in [1.54, 1.807) is 14.2 Å². The van der Waals surface area contributed by atoms with Crippen LogP contribution in [0.25, 0.3) is 0 Å². The third-order valence-corrected chi connectivity index (χ3v) is 3.11. The molecule has 4 nitrogen and oxygen atoms in total. The monoisotopic (exact) mass is 246 g/mol. The summed E-state index contributed by atoms with van der Waals surface area (Å²) in [5.41, 5.74) is 0. The maximum atomic E-state index is 11.5. The lowest BCUT2D eigenvalue weighted by molar-refractivity contribution is -0.228. The molecule has 0 spiro atoms. The van der Waals surface area contributed by atoms with Gasteiger partial charge in [0, 0.05) is 27.1 Å². The van der Waals surface area contributed by atoms with Crippen molar-refractivity contribution in [3.05, 3.63) is 0 Å². The second-order valence-electron chi connectivity index (χ2n) is 3.85. The molecule has 1 rings (SSSR count). The van der Waals surface area contributed by atoms with Gasteiger partial charge in [-0.25, -0.2) is 0 Å². The first-order chi connectivity index (χ1) is 8.17. The highest BCUT2D eigenvalue weighted by Crippen LogP contribution is 2.35. The fraction of sp³-hybridized carbons (Fsp3) is 0.923. The van der Waals surface area contributed by atoms with E-state index in [-0.39, 0.29) is 11.9 Å². The molecule has 1 fully saturated rings. The van der Waals surface area contributed by atoms with Crippen LogP contribution in [0, 0.1) is 5.92 Å². The van der Waals surface area contributed by atoms with Crippen LogP contribution in [-0.4, -0.2) is 32.6 Å². The smallest absolute Gasteiger partial charge is 0.308 e. The summed E-state index contributed by atoms with van der Waals surface area (Å²) in [6, 6.07) is 0. The molecule has 1 aliphatic rings. The molecular formula is C13H26O4. The maximum Gasteiger partial charge on any atom is 0.308 e. The fourth-order valence-corrected chi connectivity index (χ4v) is 2.05. The zero-order valence-electron chi connectivity index (χ0n) is 11.7. The Morgan fingerprint density at radius 3 is 2.00 bits per heavy atom. The van der Waals surface area contributed by atoms with Crippen LogP contribution < -0.4 is 0 Å². The van der Waals surface area contributed by atoms with Crippen molar-refractivity contribution in [2.24, 2.45) is 5.92 Å². The number of esters is 1. The van der Waals surface area contributed by atoms with Gasteiger partial charge in [0.15, 0.2) is 5.79 Å². The first-order valence-electron chi connectivity index (χ1n) is 6.44. The van der Waals surface area contributed by atoms with Crippen LogP contribution in [0.15, 0.2) is 0 Å². The Balaban J connectivity index is 0.00000121. The zero-order valence-corrected chi connectivity index (χ0v) is 11.7. The van der Waals surface area contributed by atoms with Crippen LogP contribution >= 0.6 is 0 Å². The number of hydrogen-bond donors (Lipinski definition) is 0. The van der Waals surface area contributed by atoms with E-state index in [0.29, 0.717) is 6.61 Å². The highest BCUT2D eigenvalue weighted by molar-refractivity contribution is 5.72. The van der Waals surface area contributed by atoms with Gasteiger partial charge in [-0.15, -0.1) is 0 Å². The first-order valence-corrected chi connectivity index (χ1v) is 6.44. The molecule has 0 aromatic heterocycles. The van der Waals surface area contributed by atoms with Crippen molar-refractivity contribution in [2.75, 3.05) is 20.8 Å². The molecule has 0 heterocycles. The van der Waals surface area contributed by atoms with E-state index in [2.05, 4.69) is 0 Å². The highest BCUT2D eigenvalue weighted by Gasteiger charge is 2.38. The molecule has 0 unspecified atom stereocenters. The number of ether oxygens (including phenoxy) is 3. The van der Waals surface area contributed by atoms with Crippen LogP contribution in [0.5, 0.6) is 0 Å². The Labute approximate surface area is 105 Å². The Bertz CT molecular complexity index is 201. The summed E-state index contributed by atoms with van der Waals surface area (Å²) in [5, 5.41) is 0. The van der Waals surface area contributed by atoms with Gasteiger partial charge in [-0.2, -0.15) is 0 Å². The summed E-state index contributed by atoms with van der Waals surface area (Å²) in [7, 11) is 3.29. The highest BCUT2D eigenvalue weighted by atomic mass is 16.7. The summed E-state index contributed by atoms with van der Waals surface area (Å²) in [4.78, 5) is 11.5. The van der Waals surface area contributed by atoms with Gasteiger partial charge < -0.3 is 14.2 Å². The van der Waals surface area contributed by atoms with Crippen molar-refractivity contribution in [3.8, 4) is 0 Å². The first kappa shape index (κ1) is 16.4. The fourth-order valence-electron chi connectivity index (χ4n) is 2.05. The van der Waals surface area contributed by atoms with Crippen LogP contribution in [0.2, 0.25) is 0 Å². The molecule has 0 saturated heterocycles. The Morgan fingerprint density at radius 1 is 1.18 bits per heavy atom. The van der Waals surface area contributed by atoms with Crippen LogP contribution in [0.4, 0.5) is 0 Å². The molecule has 0 amide bonds. The minimum Gasteiger partial charge on any atom is -0.466 e. The average molecular weight is 246 g/mol. The molecule has 0 atom stereocenters. The normalized spacial score (nSPS) is 19.1. The summed E-state index contributed by atoms with van der Waals surface area (Å²) >= 11 is 0. The standard InChI is InChI=1S/C11H20O4.C2H6/c1-4-15-10(12)9-5-7-11(13-2,14-3)8-6-9;1-2/h9H,4-8H2,1-3H3;1-2H3. The molecule has 0 bridgehead atoms. The number of rotatable bonds is 4. The van der Waals surface area contributed by atoms with Gasteiger partial charge in [0.1, 0.15) is 0 Å². The molecule has 1 aliphatic carbocycles. The van der Waals surface area contributed by atoms with E-state index in [1.165, 1.54) is 0 Å². The molecule has 0 N–H and O–H groups in total. The van der Waals surface area contributed by atoms with E-state index >= 15 is 0 Å². The summed E-state index contributed by atoms with van der Waals surface area (Å²) in [5.74, 6) is -0.551. The molecular weight excluding hydrogens is 220 g/mol. The van der Waals surface area contributed by atoms with Gasteiger partial charge in [0.2, 0.25) is 0 Å². The van der Waals surface area contributed by atoms with E-state index in [1.807, 2.05) is 20.8 Å². The summed E-state index contributed by atoms with van der Waals surface area (Å²) in [6.07, 6.45) is 3.06. The van der Waals surface area contributed by atoms with Crippen molar-refractivity contribution in [3.63, 3.8) is 0 Å². The lowest BCUT2D eigenvalue weighted by atomic mass is 9.85. The number of carbonyl (C=O) groups is 1. The van der Waals surface area contributed by atoms with Gasteiger partial charge in [-0.3, -0.25) is 4.79 Å². The predicted molar refractivity (Wildman–Crippen MR) is 66.7 cm³/mol. The van der Waals surface area contributed by atoms with Crippen molar-refractivity contribution >= 4 is 5.97 Å². The molecule has 1 saturated carbocycles. The third-order valence-electron chi connectivity index (χ3n) is 3.11. The average Bonchev–Trinajstić information content (AvgIpc) is 2.41. The van der Waals surface area contributed by atoms with Crippen molar-refractivity contribution in [1.82, 2.24) is 0 Å². The van der Waals surface area contributed by atoms with Crippen LogP contribution in [0.3, 0.4) is 0 Å². The van der Waals surface area contributed by atoms with Gasteiger partial charge in [-0.05, 0) is 19.8 Å². The van der Waals surface area contributed by atoms with E-state index in [0.717, 1.165) is 25.7 Å². The maximum absolute atomic E-state index is 11.5. The van der Waals surface area contributed by atoms with Crippen molar-refractivity contribution < 1.29 is 19.0 Å². The topological polar surface area (TPSA) is 44.8 Å². The Hall–Kier alpha value is -0.610. The number of hydrogen-bond acceptors (Lipinski definition) is 4. The summed E-state index contributed by atoms with van der Waals surface area (Å²) < 4.78 is 15.7. The van der Waals surface area contributed by atoms with Crippen LogP contribution in [-0.2, 0) is 19.0 Å². The second-order valence-corrected chi connectivity index (χ2v) is 3.85. The molecule has 4 heteroatoms. The largest absolute Gasteiger partial charge is 0.466 e.